The maximum absolute atomic E-state index is 14.0. The van der Waals surface area contributed by atoms with E-state index in [2.05, 4.69) is 63.5 Å². The van der Waals surface area contributed by atoms with Gasteiger partial charge in [0.05, 0.1) is 26.1 Å². The monoisotopic (exact) mass is 1520 g/mol. The van der Waals surface area contributed by atoms with Crippen molar-refractivity contribution in [1.29, 1.82) is 0 Å². The second-order valence-corrected chi connectivity index (χ2v) is 31.4. The van der Waals surface area contributed by atoms with Gasteiger partial charge in [0.25, 0.3) is 30.1 Å². The average molecular weight is 1520 g/mol. The number of aromatic nitrogens is 8. The van der Waals surface area contributed by atoms with Crippen molar-refractivity contribution in [3.05, 3.63) is 225 Å². The predicted molar refractivity (Wildman–Crippen MR) is 415 cm³/mol. The van der Waals surface area contributed by atoms with E-state index in [1.807, 2.05) is 101 Å². The van der Waals surface area contributed by atoms with Gasteiger partial charge in [-0.15, -0.1) is 0 Å². The van der Waals surface area contributed by atoms with Crippen molar-refractivity contribution in [2.45, 2.75) is 78.8 Å². The van der Waals surface area contributed by atoms with Crippen molar-refractivity contribution in [3.8, 4) is 0 Å². The molecule has 0 bridgehead atoms. The third-order valence-corrected chi connectivity index (χ3v) is 23.5. The van der Waals surface area contributed by atoms with Crippen molar-refractivity contribution >= 4 is 121 Å². The Labute approximate surface area is 624 Å². The third kappa shape index (κ3) is 18.1. The molecule has 560 valence electrons. The van der Waals surface area contributed by atoms with E-state index in [0.717, 1.165) is 71.0 Å². The second-order valence-electron chi connectivity index (χ2n) is 25.5. The fourth-order valence-corrected chi connectivity index (χ4v) is 16.6. The molecule has 3 aliphatic heterocycles. The lowest BCUT2D eigenvalue weighted by Gasteiger charge is -2.37. The Kier molecular flexibility index (Phi) is 23.4. The Morgan fingerprint density at radius 3 is 1.50 bits per heavy atom. The number of amides is 3. The lowest BCUT2D eigenvalue weighted by molar-refractivity contribution is -0.135. The number of hydrogen-bond donors (Lipinski definition) is 4. The molecular weight excluding hydrogens is 1430 g/mol. The molecule has 5 aromatic heterocycles. The highest BCUT2D eigenvalue weighted by Gasteiger charge is 2.32. The lowest BCUT2D eigenvalue weighted by atomic mass is 9.92. The maximum Gasteiger partial charge on any atom is 0.263 e. The number of nitrogens with zero attached hydrogens (tertiary/aromatic N) is 13. The molecule has 0 aliphatic carbocycles. The number of benzene rings is 6. The maximum atomic E-state index is 14.0. The largest absolute Gasteiger partial charge is 0.371 e. The van der Waals surface area contributed by atoms with Gasteiger partial charge in [-0.05, 0) is 160 Å². The molecule has 8 heterocycles. The van der Waals surface area contributed by atoms with Crippen molar-refractivity contribution in [3.63, 3.8) is 0 Å². The molecule has 3 saturated heterocycles. The first kappa shape index (κ1) is 74.5. The molecule has 6 aromatic carbocycles. The summed E-state index contributed by atoms with van der Waals surface area (Å²) in [6.45, 7) is 11.6. The first-order chi connectivity index (χ1) is 51.1. The van der Waals surface area contributed by atoms with Crippen LogP contribution in [0.1, 0.15) is 70.7 Å². The van der Waals surface area contributed by atoms with E-state index in [1.165, 1.54) is 56.5 Å². The van der Waals surface area contributed by atoms with Crippen LogP contribution in [0.15, 0.2) is 228 Å². The molecule has 106 heavy (non-hydrogen) atoms. The molecule has 0 spiro atoms. The van der Waals surface area contributed by atoms with Gasteiger partial charge in [0, 0.05) is 149 Å². The lowest BCUT2D eigenvalue weighted by Crippen LogP contribution is -2.50. The molecule has 14 rings (SSSR count). The Morgan fingerprint density at radius 2 is 0.991 bits per heavy atom. The van der Waals surface area contributed by atoms with Gasteiger partial charge in [-0.3, -0.25) is 33.3 Å². The van der Waals surface area contributed by atoms with Crippen molar-refractivity contribution in [1.82, 2.24) is 53.5 Å². The predicted octanol–water partition coefficient (Wildman–Crippen LogP) is 10.8. The van der Waals surface area contributed by atoms with Crippen LogP contribution < -0.4 is 34.2 Å². The number of hydrogen-bond acceptors (Lipinski definition) is 20. The number of ketones is 1. The van der Waals surface area contributed by atoms with Crippen LogP contribution in [0.3, 0.4) is 0 Å². The quantitative estimate of drug-likeness (QED) is 0.0519. The van der Waals surface area contributed by atoms with E-state index in [1.54, 1.807) is 95.7 Å². The summed E-state index contributed by atoms with van der Waals surface area (Å²) in [5.41, 5.74) is 5.31. The number of anilines is 6. The number of carbonyl (C=O) groups is 4. The summed E-state index contributed by atoms with van der Waals surface area (Å²) in [6.07, 6.45) is 12.2. The molecule has 3 amide bonds. The van der Waals surface area contributed by atoms with E-state index in [4.69, 9.17) is 0 Å². The fraction of sp³-hybridized carbons (Fsp3) is 0.270. The molecule has 32 heteroatoms. The topological polar surface area (TPSA) is 322 Å². The number of piperazine rings is 2. The highest BCUT2D eigenvalue weighted by Crippen LogP contribution is 2.31. The Balaban J connectivity index is 0.000000226. The zero-order valence-electron chi connectivity index (χ0n) is 58.1. The van der Waals surface area contributed by atoms with Gasteiger partial charge >= 0.3 is 0 Å². The molecule has 2 unspecified atom stereocenters. The molecule has 3 fully saturated rings. The van der Waals surface area contributed by atoms with Crippen LogP contribution in [0.25, 0.3) is 21.8 Å². The molecule has 3 aliphatic rings. The van der Waals surface area contributed by atoms with Crippen LogP contribution in [-0.4, -0.2) is 168 Å². The van der Waals surface area contributed by atoms with Gasteiger partial charge in [0.1, 0.15) is 54.3 Å². The normalized spacial score (nSPS) is 15.3. The minimum absolute atomic E-state index is 0. The highest BCUT2D eigenvalue weighted by atomic mass is 32.2. The van der Waals surface area contributed by atoms with Crippen molar-refractivity contribution < 1.29 is 56.0 Å². The van der Waals surface area contributed by atoms with E-state index in [9.17, 15) is 48.8 Å². The fourth-order valence-electron chi connectivity index (χ4n) is 13.0. The first-order valence-corrected chi connectivity index (χ1v) is 39.4. The van der Waals surface area contributed by atoms with Gasteiger partial charge in [-0.2, -0.15) is 4.37 Å². The van der Waals surface area contributed by atoms with Gasteiger partial charge < -0.3 is 39.0 Å². The van der Waals surface area contributed by atoms with Crippen molar-refractivity contribution in [2.75, 3.05) is 94.3 Å². The first-order valence-electron chi connectivity index (χ1n) is 34.2. The van der Waals surface area contributed by atoms with Crippen LogP contribution in [0.5, 0.6) is 0 Å². The van der Waals surface area contributed by atoms with Crippen LogP contribution >= 0.6 is 11.5 Å². The van der Waals surface area contributed by atoms with Crippen LogP contribution in [0, 0.1) is 5.82 Å². The van der Waals surface area contributed by atoms with Gasteiger partial charge in [0.2, 0.25) is 22.9 Å². The number of carbonyl (C=O) groups excluding carboxylic acids is 4. The van der Waals surface area contributed by atoms with E-state index in [-0.39, 0.29) is 86.4 Å². The number of para-hydroxylation sites is 1. The van der Waals surface area contributed by atoms with E-state index >= 15 is 0 Å². The van der Waals surface area contributed by atoms with E-state index < -0.39 is 42.0 Å². The number of sulfonamides is 3. The molecule has 27 nitrogen and oxygen atoms in total. The third-order valence-electron chi connectivity index (χ3n) is 18.7. The Hall–Kier alpha value is -11.2. The number of nitrogens with one attached hydrogen (secondary N) is 4. The van der Waals surface area contributed by atoms with Gasteiger partial charge in [0.15, 0.2) is 0 Å². The average Bonchev–Trinajstić information content (AvgIpc) is 1.66. The zero-order valence-corrected chi connectivity index (χ0v) is 61.4. The number of rotatable bonds is 21. The molecule has 0 radical (unpaired) electrons. The number of piperidine rings is 1. The zero-order chi connectivity index (χ0) is 74.5. The number of Topliss-reactive ketones (excluding diaryl/α,β-unsaturated/α-hetero) is 1. The summed E-state index contributed by atoms with van der Waals surface area (Å²) in [4.78, 5) is 81.0. The smallest absolute Gasteiger partial charge is 0.263 e. The SMILES string of the molecule is CC(=O)CC(C(=O)N1CCN(c2ccc(S(=O)(=O)Nc3ccncn3)cc2)CC1)c1ccccc1.CC(C(=O)N1CCN(c2ccc(S(=O)(=O)Nc3ccncn3)cc2)CC1)n1ccc2ccccc21.C[C@H](C(=O)NC1CCN(c2ccc(S(=O)(=O)Nc3ncns3)cc2)CC1)n1ccc2c(F)cccc21.[HH].[HH].[HH].[HH].[HH]. The molecule has 4 N–H and O–H groups in total. The molecular formula is C74H88FN17O10S4. The summed E-state index contributed by atoms with van der Waals surface area (Å²) in [6, 6.07) is 48.4. The summed E-state index contributed by atoms with van der Waals surface area (Å²) in [5, 5.41) is 4.97. The molecule has 0 saturated carbocycles. The molecule has 11 aromatic rings. The summed E-state index contributed by atoms with van der Waals surface area (Å²) in [5.74, 6) is -0.429. The van der Waals surface area contributed by atoms with E-state index in [0.29, 0.717) is 63.3 Å². The van der Waals surface area contributed by atoms with Gasteiger partial charge in [-0.25, -0.2) is 54.6 Å². The van der Waals surface area contributed by atoms with Crippen molar-refractivity contribution in [2.24, 2.45) is 0 Å². The highest BCUT2D eigenvalue weighted by molar-refractivity contribution is 7.93. The standard InChI is InChI=1S/C25H26N6O3S.C25H27N5O4S.C24H25FN6O3S2.5H2/c1-19(31-13-11-20-4-2-3-5-23(20)31)25(32)30-16-14-29(15-17-30)21-6-8-22(9-7-21)35(33,34)28-24-10-12-26-18-27-24;1-19(31)17-23(20-5-3-2-4-6-20)25(32)30-15-13-29(14-16-30)21-7-9-22(10-8-21)35(33,34)28-24-11-12-26-18-27-24;1-16(31-14-11-20-21(25)3-2-4-22(20)31)23(32)28-17-9-12-30(13-10-17)18-5-7-19(8-6-18)36(33,34)29-24-26-15-27-35-24;;;;;/h2-13,18-19H,14-17H2,1H3,(H,26,27,28);2-12,18,23H,13-17H2,1H3,(H,26,27,28);2-8,11,14-17H,9-10,12-13H2,1H3,(H,28,32)(H,26,27,29);5*1H/t;;16-;;;;;/m..1...../s1. The van der Waals surface area contributed by atoms with Gasteiger partial charge in [-0.1, -0.05) is 54.6 Å². The number of fused-ring (bicyclic) bond motifs is 2. The van der Waals surface area contributed by atoms with Crippen LogP contribution in [0.4, 0.5) is 38.2 Å². The summed E-state index contributed by atoms with van der Waals surface area (Å²) < 4.78 is 104. The van der Waals surface area contributed by atoms with Crippen LogP contribution in [0.2, 0.25) is 0 Å². The number of halogens is 1. The summed E-state index contributed by atoms with van der Waals surface area (Å²) >= 11 is 0.970. The minimum Gasteiger partial charge on any atom is -0.371 e. The molecule has 3 atom stereocenters. The summed E-state index contributed by atoms with van der Waals surface area (Å²) in [7, 11) is -11.2. The minimum atomic E-state index is -3.77. The second kappa shape index (κ2) is 33.3. The van der Waals surface area contributed by atoms with Crippen LogP contribution in [-0.2, 0) is 49.2 Å². The Morgan fingerprint density at radius 1 is 0.509 bits per heavy atom. The Bertz CT molecular complexity index is 5220.